The van der Waals surface area contributed by atoms with E-state index < -0.39 is 5.69 Å². The van der Waals surface area contributed by atoms with Gasteiger partial charge in [-0.15, -0.1) is 11.3 Å². The molecule has 0 fully saturated rings. The second kappa shape index (κ2) is 7.75. The van der Waals surface area contributed by atoms with Crippen LogP contribution in [0.2, 0.25) is 0 Å². The average Bonchev–Trinajstić information content (AvgIpc) is 3.20. The maximum absolute atomic E-state index is 13.1. The third kappa shape index (κ3) is 3.20. The largest absolute Gasteiger partial charge is 0.332 e. The molecule has 2 aromatic heterocycles. The molecule has 4 rings (SSSR count). The van der Waals surface area contributed by atoms with Crippen LogP contribution in [0, 0.1) is 0 Å². The van der Waals surface area contributed by atoms with Gasteiger partial charge in [-0.2, -0.15) is 0 Å². The molecule has 3 heterocycles. The van der Waals surface area contributed by atoms with Crippen molar-refractivity contribution in [2.24, 2.45) is 0 Å². The van der Waals surface area contributed by atoms with E-state index >= 15 is 0 Å². The van der Waals surface area contributed by atoms with Gasteiger partial charge in [0.25, 0.3) is 5.56 Å². The van der Waals surface area contributed by atoms with Crippen LogP contribution in [0.1, 0.15) is 31.7 Å². The summed E-state index contributed by atoms with van der Waals surface area (Å²) in [5, 5.41) is 1.80. The number of aryl methyl sites for hydroxylation is 1. The molecule has 1 aromatic carbocycles. The normalized spacial score (nSPS) is 13.7. The van der Waals surface area contributed by atoms with Gasteiger partial charge < -0.3 is 4.90 Å². The molecule has 0 spiro atoms. The lowest BCUT2D eigenvalue weighted by atomic mass is 10.0. The fraction of sp³-hybridized carbons (Fsp3) is 0.381. The van der Waals surface area contributed by atoms with Crippen molar-refractivity contribution in [2.75, 3.05) is 11.4 Å². The summed E-state index contributed by atoms with van der Waals surface area (Å²) in [5.41, 5.74) is 1.97. The summed E-state index contributed by atoms with van der Waals surface area (Å²) in [6, 6.07) is 9.67. The van der Waals surface area contributed by atoms with Crippen LogP contribution in [0.3, 0.4) is 0 Å². The van der Waals surface area contributed by atoms with Gasteiger partial charge >= 0.3 is 5.69 Å². The van der Waals surface area contributed by atoms with Crippen LogP contribution >= 0.6 is 11.3 Å². The van der Waals surface area contributed by atoms with E-state index in [-0.39, 0.29) is 18.0 Å². The zero-order valence-corrected chi connectivity index (χ0v) is 16.7. The van der Waals surface area contributed by atoms with Crippen molar-refractivity contribution in [1.82, 2.24) is 9.13 Å². The van der Waals surface area contributed by atoms with Crippen molar-refractivity contribution in [3.05, 3.63) is 62.1 Å². The number of amides is 1. The number of fused-ring (bicyclic) bond motifs is 2. The number of rotatable bonds is 5. The van der Waals surface area contributed by atoms with Crippen LogP contribution < -0.4 is 16.1 Å². The smallest absolute Gasteiger partial charge is 0.311 e. The van der Waals surface area contributed by atoms with E-state index in [0.717, 1.165) is 36.9 Å². The molecule has 1 aliphatic rings. The SMILES string of the molecule is CCCCn1c(=O)c2sccc2n(CC(=O)N2CCCc3ccccc32)c1=O. The molecule has 0 saturated carbocycles. The maximum atomic E-state index is 13.1. The fourth-order valence-electron chi connectivity index (χ4n) is 3.81. The Bertz CT molecular complexity index is 1140. The molecule has 6 nitrogen and oxygen atoms in total. The molecule has 0 N–H and O–H groups in total. The Labute approximate surface area is 166 Å². The second-order valence-electron chi connectivity index (χ2n) is 7.09. The first-order valence-corrected chi connectivity index (χ1v) is 10.6. The molecule has 1 aliphatic heterocycles. The lowest BCUT2D eigenvalue weighted by Crippen LogP contribution is -2.44. The van der Waals surface area contributed by atoms with Crippen molar-refractivity contribution in [2.45, 2.75) is 45.7 Å². The highest BCUT2D eigenvalue weighted by Crippen LogP contribution is 2.27. The van der Waals surface area contributed by atoms with Gasteiger partial charge in [0.2, 0.25) is 5.91 Å². The van der Waals surface area contributed by atoms with Crippen LogP contribution in [0.5, 0.6) is 0 Å². The van der Waals surface area contributed by atoms with Crippen molar-refractivity contribution >= 4 is 33.1 Å². The number of carbonyl (C=O) groups excluding carboxylic acids is 1. The monoisotopic (exact) mass is 397 g/mol. The molecule has 0 atom stereocenters. The predicted octanol–water partition coefficient (Wildman–Crippen LogP) is 3.00. The van der Waals surface area contributed by atoms with Gasteiger partial charge in [0.05, 0.1) is 5.52 Å². The standard InChI is InChI=1S/C21H23N3O3S/c1-2-3-11-23-20(26)19-17(10-13-28-19)24(21(23)27)14-18(25)22-12-6-8-15-7-4-5-9-16(15)22/h4-5,7,9-10,13H,2-3,6,8,11-12,14H2,1H3. The first-order valence-electron chi connectivity index (χ1n) is 9.71. The number of benzene rings is 1. The number of aromatic nitrogens is 2. The summed E-state index contributed by atoms with van der Waals surface area (Å²) in [4.78, 5) is 40.6. The van der Waals surface area contributed by atoms with Gasteiger partial charge in [-0.25, -0.2) is 4.79 Å². The Morgan fingerprint density at radius 3 is 2.79 bits per heavy atom. The number of anilines is 1. The zero-order chi connectivity index (χ0) is 19.7. The summed E-state index contributed by atoms with van der Waals surface area (Å²) < 4.78 is 3.27. The molecule has 0 aliphatic carbocycles. The number of unbranched alkanes of at least 4 members (excludes halogenated alkanes) is 1. The van der Waals surface area contributed by atoms with Gasteiger partial charge in [-0.1, -0.05) is 31.5 Å². The maximum Gasteiger partial charge on any atom is 0.332 e. The number of hydrogen-bond donors (Lipinski definition) is 0. The third-order valence-electron chi connectivity index (χ3n) is 5.28. The first kappa shape index (κ1) is 18.7. The van der Waals surface area contributed by atoms with Crippen LogP contribution in [0.25, 0.3) is 10.2 Å². The van der Waals surface area contributed by atoms with Gasteiger partial charge in [0.15, 0.2) is 0 Å². The highest BCUT2D eigenvalue weighted by molar-refractivity contribution is 7.17. The second-order valence-corrected chi connectivity index (χ2v) is 8.01. The Morgan fingerprint density at radius 1 is 1.14 bits per heavy atom. The third-order valence-corrected chi connectivity index (χ3v) is 6.17. The molecule has 1 amide bonds. The zero-order valence-electron chi connectivity index (χ0n) is 15.9. The number of thiophene rings is 1. The molecule has 0 saturated heterocycles. The van der Waals surface area contributed by atoms with Crippen LogP contribution in [0.4, 0.5) is 5.69 Å². The summed E-state index contributed by atoms with van der Waals surface area (Å²) in [5.74, 6) is -0.123. The lowest BCUT2D eigenvalue weighted by molar-refractivity contribution is -0.119. The summed E-state index contributed by atoms with van der Waals surface area (Å²) in [6.45, 7) is 2.98. The minimum absolute atomic E-state index is 0.0627. The molecule has 7 heteroatoms. The van der Waals surface area contributed by atoms with Gasteiger partial charge in [0, 0.05) is 18.8 Å². The Morgan fingerprint density at radius 2 is 1.96 bits per heavy atom. The van der Waals surface area contributed by atoms with E-state index in [1.807, 2.05) is 31.2 Å². The number of nitrogens with zero attached hydrogens (tertiary/aromatic N) is 3. The topological polar surface area (TPSA) is 64.3 Å². The lowest BCUT2D eigenvalue weighted by Gasteiger charge is -2.29. The Hall–Kier alpha value is -2.67. The molecule has 28 heavy (non-hydrogen) atoms. The number of hydrogen-bond acceptors (Lipinski definition) is 4. The summed E-state index contributed by atoms with van der Waals surface area (Å²) in [6.07, 6.45) is 3.50. The van der Waals surface area contributed by atoms with Gasteiger partial charge in [-0.3, -0.25) is 18.7 Å². The van der Waals surface area contributed by atoms with Crippen molar-refractivity contribution in [1.29, 1.82) is 0 Å². The minimum Gasteiger partial charge on any atom is -0.311 e. The molecule has 0 bridgehead atoms. The van der Waals surface area contributed by atoms with E-state index in [9.17, 15) is 14.4 Å². The highest BCUT2D eigenvalue weighted by Gasteiger charge is 2.24. The number of carbonyl (C=O) groups is 1. The van der Waals surface area contributed by atoms with E-state index in [0.29, 0.717) is 23.3 Å². The molecule has 146 valence electrons. The summed E-state index contributed by atoms with van der Waals surface area (Å²) in [7, 11) is 0. The van der Waals surface area contributed by atoms with Crippen molar-refractivity contribution in [3.8, 4) is 0 Å². The van der Waals surface area contributed by atoms with E-state index in [4.69, 9.17) is 0 Å². The van der Waals surface area contributed by atoms with E-state index in [1.54, 1.807) is 16.3 Å². The quantitative estimate of drug-likeness (QED) is 0.665. The Kier molecular flexibility index (Phi) is 5.17. The summed E-state index contributed by atoms with van der Waals surface area (Å²) >= 11 is 1.32. The fourth-order valence-corrected chi connectivity index (χ4v) is 4.66. The Balaban J connectivity index is 1.74. The molecule has 0 unspecified atom stereocenters. The molecular formula is C21H23N3O3S. The van der Waals surface area contributed by atoms with Crippen molar-refractivity contribution < 1.29 is 4.79 Å². The molecular weight excluding hydrogens is 374 g/mol. The van der Waals surface area contributed by atoms with Crippen LogP contribution in [-0.4, -0.2) is 21.6 Å². The minimum atomic E-state index is -0.400. The molecule has 3 aromatic rings. The number of para-hydroxylation sites is 1. The first-order chi connectivity index (χ1) is 13.6. The average molecular weight is 398 g/mol. The van der Waals surface area contributed by atoms with Gasteiger partial charge in [-0.05, 0) is 42.3 Å². The van der Waals surface area contributed by atoms with E-state index in [1.165, 1.54) is 20.5 Å². The highest BCUT2D eigenvalue weighted by atomic mass is 32.1. The van der Waals surface area contributed by atoms with Crippen molar-refractivity contribution in [3.63, 3.8) is 0 Å². The van der Waals surface area contributed by atoms with Crippen LogP contribution in [-0.2, 0) is 24.3 Å². The molecule has 0 radical (unpaired) electrons. The van der Waals surface area contributed by atoms with Gasteiger partial charge in [0.1, 0.15) is 11.2 Å². The predicted molar refractivity (Wildman–Crippen MR) is 112 cm³/mol. The van der Waals surface area contributed by atoms with E-state index in [2.05, 4.69) is 0 Å². The van der Waals surface area contributed by atoms with Crippen LogP contribution in [0.15, 0.2) is 45.3 Å².